The van der Waals surface area contributed by atoms with Crippen molar-refractivity contribution >= 4 is 16.6 Å². The van der Waals surface area contributed by atoms with Gasteiger partial charge in [-0.05, 0) is 29.5 Å². The second-order valence-electron chi connectivity index (χ2n) is 4.86. The summed E-state index contributed by atoms with van der Waals surface area (Å²) < 4.78 is 10.7. The van der Waals surface area contributed by atoms with Crippen molar-refractivity contribution in [1.82, 2.24) is 4.98 Å². The summed E-state index contributed by atoms with van der Waals surface area (Å²) in [4.78, 5) is 4.40. The summed E-state index contributed by atoms with van der Waals surface area (Å²) in [7, 11) is 3.28. The molecular formula is C15H20N2O2. The third-order valence-electron chi connectivity index (χ3n) is 2.95. The molecule has 1 aromatic carbocycles. The molecule has 0 saturated carbocycles. The van der Waals surface area contributed by atoms with E-state index >= 15 is 0 Å². The lowest BCUT2D eigenvalue weighted by Gasteiger charge is -2.13. The molecule has 0 aliphatic heterocycles. The molecular weight excluding hydrogens is 240 g/mol. The summed E-state index contributed by atoms with van der Waals surface area (Å²) in [5.41, 5.74) is 0. The van der Waals surface area contributed by atoms with Crippen molar-refractivity contribution in [3.63, 3.8) is 0 Å². The van der Waals surface area contributed by atoms with E-state index in [9.17, 15) is 0 Å². The zero-order valence-electron chi connectivity index (χ0n) is 11.9. The van der Waals surface area contributed by atoms with Gasteiger partial charge >= 0.3 is 0 Å². The topological polar surface area (TPSA) is 43.4 Å². The van der Waals surface area contributed by atoms with Crippen molar-refractivity contribution in [2.75, 3.05) is 26.1 Å². The zero-order valence-corrected chi connectivity index (χ0v) is 11.9. The molecule has 0 saturated heterocycles. The number of hydrogen-bond acceptors (Lipinski definition) is 4. The smallest absolute Gasteiger partial charge is 0.161 e. The Labute approximate surface area is 113 Å². The van der Waals surface area contributed by atoms with Gasteiger partial charge in [-0.1, -0.05) is 13.8 Å². The van der Waals surface area contributed by atoms with E-state index in [0.29, 0.717) is 5.92 Å². The predicted molar refractivity (Wildman–Crippen MR) is 78.2 cm³/mol. The van der Waals surface area contributed by atoms with E-state index in [2.05, 4.69) is 24.1 Å². The lowest BCUT2D eigenvalue weighted by atomic mass is 10.1. The van der Waals surface area contributed by atoms with Crippen molar-refractivity contribution in [3.8, 4) is 11.5 Å². The molecule has 0 radical (unpaired) electrons. The number of anilines is 1. The number of nitrogens with zero attached hydrogens (tertiary/aromatic N) is 1. The van der Waals surface area contributed by atoms with Crippen molar-refractivity contribution in [2.45, 2.75) is 13.8 Å². The fourth-order valence-electron chi connectivity index (χ4n) is 1.94. The quantitative estimate of drug-likeness (QED) is 0.895. The Balaban J connectivity index is 2.48. The highest BCUT2D eigenvalue weighted by Crippen LogP contribution is 2.34. The van der Waals surface area contributed by atoms with Gasteiger partial charge in [-0.3, -0.25) is 0 Å². The average molecular weight is 260 g/mol. The molecule has 1 N–H and O–H groups in total. The van der Waals surface area contributed by atoms with Gasteiger partial charge in [0.15, 0.2) is 11.5 Å². The van der Waals surface area contributed by atoms with E-state index in [0.717, 1.165) is 34.6 Å². The summed E-state index contributed by atoms with van der Waals surface area (Å²) in [6.45, 7) is 5.23. The Morgan fingerprint density at radius 1 is 1.16 bits per heavy atom. The molecule has 0 fully saturated rings. The number of methoxy groups -OCH3 is 2. The van der Waals surface area contributed by atoms with E-state index in [1.165, 1.54) is 0 Å². The van der Waals surface area contributed by atoms with Crippen LogP contribution in [0.2, 0.25) is 0 Å². The van der Waals surface area contributed by atoms with E-state index in [1.54, 1.807) is 20.4 Å². The maximum absolute atomic E-state index is 5.34. The van der Waals surface area contributed by atoms with Gasteiger partial charge in [0.1, 0.15) is 5.82 Å². The molecule has 0 atom stereocenters. The first-order valence-corrected chi connectivity index (χ1v) is 6.40. The lowest BCUT2D eigenvalue weighted by molar-refractivity contribution is 0.356. The SMILES string of the molecule is COc1cc2ccnc(NCC(C)C)c2cc1OC. The molecule has 1 heterocycles. The number of nitrogens with one attached hydrogen (secondary N) is 1. The molecule has 0 aliphatic carbocycles. The number of rotatable bonds is 5. The summed E-state index contributed by atoms with van der Waals surface area (Å²) in [5.74, 6) is 2.90. The molecule has 2 rings (SSSR count). The highest BCUT2D eigenvalue weighted by molar-refractivity contribution is 5.94. The van der Waals surface area contributed by atoms with Crippen LogP contribution in [0.4, 0.5) is 5.82 Å². The Hall–Kier alpha value is -1.97. The van der Waals surface area contributed by atoms with Crippen LogP contribution in [0, 0.1) is 5.92 Å². The van der Waals surface area contributed by atoms with Crippen LogP contribution in [0.3, 0.4) is 0 Å². The number of hydrogen-bond donors (Lipinski definition) is 1. The highest BCUT2D eigenvalue weighted by atomic mass is 16.5. The van der Waals surface area contributed by atoms with Crippen molar-refractivity contribution in [2.24, 2.45) is 5.92 Å². The van der Waals surface area contributed by atoms with Crippen molar-refractivity contribution < 1.29 is 9.47 Å². The minimum Gasteiger partial charge on any atom is -0.493 e. The van der Waals surface area contributed by atoms with Gasteiger partial charge in [0, 0.05) is 18.1 Å². The average Bonchev–Trinajstić information content (AvgIpc) is 2.43. The third kappa shape index (κ3) is 2.89. The molecule has 0 aliphatic rings. The lowest BCUT2D eigenvalue weighted by Crippen LogP contribution is -2.09. The Bertz CT molecular complexity index is 567. The van der Waals surface area contributed by atoms with E-state index < -0.39 is 0 Å². The summed E-state index contributed by atoms with van der Waals surface area (Å²) in [5, 5.41) is 5.49. The normalized spacial score (nSPS) is 10.8. The molecule has 0 spiro atoms. The molecule has 4 heteroatoms. The van der Waals surface area contributed by atoms with Crippen LogP contribution in [0.5, 0.6) is 11.5 Å². The van der Waals surface area contributed by atoms with Gasteiger partial charge in [-0.15, -0.1) is 0 Å². The van der Waals surface area contributed by atoms with Crippen LogP contribution in [0.25, 0.3) is 10.8 Å². The van der Waals surface area contributed by atoms with Gasteiger partial charge in [0.05, 0.1) is 14.2 Å². The molecule has 0 bridgehead atoms. The van der Waals surface area contributed by atoms with Gasteiger partial charge in [0.2, 0.25) is 0 Å². The largest absolute Gasteiger partial charge is 0.493 e. The van der Waals surface area contributed by atoms with E-state index in [1.807, 2.05) is 18.2 Å². The molecule has 102 valence electrons. The van der Waals surface area contributed by atoms with Crippen LogP contribution in [-0.4, -0.2) is 25.7 Å². The molecule has 19 heavy (non-hydrogen) atoms. The monoisotopic (exact) mass is 260 g/mol. The van der Waals surface area contributed by atoms with Crippen LogP contribution < -0.4 is 14.8 Å². The summed E-state index contributed by atoms with van der Waals surface area (Å²) in [6.07, 6.45) is 1.80. The molecule has 1 aromatic heterocycles. The second kappa shape index (κ2) is 5.78. The second-order valence-corrected chi connectivity index (χ2v) is 4.86. The van der Waals surface area contributed by atoms with Gasteiger partial charge in [0.25, 0.3) is 0 Å². The number of pyridine rings is 1. The minimum atomic E-state index is 0.567. The van der Waals surface area contributed by atoms with Crippen molar-refractivity contribution in [1.29, 1.82) is 0 Å². The molecule has 2 aromatic rings. The Morgan fingerprint density at radius 3 is 2.47 bits per heavy atom. The number of aromatic nitrogens is 1. The maximum Gasteiger partial charge on any atom is 0.161 e. The third-order valence-corrected chi connectivity index (χ3v) is 2.95. The first-order valence-electron chi connectivity index (χ1n) is 6.40. The highest BCUT2D eigenvalue weighted by Gasteiger charge is 2.09. The van der Waals surface area contributed by atoms with E-state index in [-0.39, 0.29) is 0 Å². The fraction of sp³-hybridized carbons (Fsp3) is 0.400. The van der Waals surface area contributed by atoms with Gasteiger partial charge in [-0.25, -0.2) is 4.98 Å². The van der Waals surface area contributed by atoms with Gasteiger partial charge in [-0.2, -0.15) is 0 Å². The Morgan fingerprint density at radius 2 is 1.84 bits per heavy atom. The van der Waals surface area contributed by atoms with Crippen molar-refractivity contribution in [3.05, 3.63) is 24.4 Å². The van der Waals surface area contributed by atoms with Crippen LogP contribution in [0.15, 0.2) is 24.4 Å². The minimum absolute atomic E-state index is 0.567. The first-order chi connectivity index (χ1) is 9.15. The summed E-state index contributed by atoms with van der Waals surface area (Å²) in [6, 6.07) is 5.90. The number of benzene rings is 1. The fourth-order valence-corrected chi connectivity index (χ4v) is 1.94. The first kappa shape index (κ1) is 13.5. The van der Waals surface area contributed by atoms with E-state index in [4.69, 9.17) is 9.47 Å². The van der Waals surface area contributed by atoms with Crippen LogP contribution in [-0.2, 0) is 0 Å². The Kier molecular flexibility index (Phi) is 4.10. The number of ether oxygens (including phenoxy) is 2. The standard InChI is InChI=1S/C15H20N2O2/c1-10(2)9-17-15-12-8-14(19-4)13(18-3)7-11(12)5-6-16-15/h5-8,10H,9H2,1-4H3,(H,16,17). The molecule has 0 unspecified atom stereocenters. The van der Waals surface area contributed by atoms with Gasteiger partial charge < -0.3 is 14.8 Å². The molecule has 0 amide bonds. The molecule has 4 nitrogen and oxygen atoms in total. The zero-order chi connectivity index (χ0) is 13.8. The number of fused-ring (bicyclic) bond motifs is 1. The van der Waals surface area contributed by atoms with Crippen LogP contribution in [0.1, 0.15) is 13.8 Å². The maximum atomic E-state index is 5.34. The predicted octanol–water partition coefficient (Wildman–Crippen LogP) is 3.32. The summed E-state index contributed by atoms with van der Waals surface area (Å²) >= 11 is 0. The van der Waals surface area contributed by atoms with Crippen LogP contribution >= 0.6 is 0 Å².